The third-order valence-corrected chi connectivity index (χ3v) is 7.28. The fourth-order valence-electron chi connectivity index (χ4n) is 3.05. The molecule has 0 bridgehead atoms. The van der Waals surface area contributed by atoms with Crippen molar-refractivity contribution in [3.8, 4) is 0 Å². The van der Waals surface area contributed by atoms with Crippen molar-refractivity contribution in [2.75, 3.05) is 10.8 Å². The number of aromatic nitrogens is 4. The summed E-state index contributed by atoms with van der Waals surface area (Å²) >= 11 is 1.46. The molecule has 2 heterocycles. The number of aryl methyl sites for hydroxylation is 3. The number of anilines is 1. The molecule has 0 aliphatic rings. The summed E-state index contributed by atoms with van der Waals surface area (Å²) in [6, 6.07) is 14.4. The minimum absolute atomic E-state index is 0.233. The summed E-state index contributed by atoms with van der Waals surface area (Å²) in [5.74, 6) is 0.639. The zero-order valence-corrected chi connectivity index (χ0v) is 18.0. The molecule has 0 saturated heterocycles. The number of fused-ring (bicyclic) bond motifs is 1. The van der Waals surface area contributed by atoms with E-state index >= 15 is 0 Å². The fourth-order valence-corrected chi connectivity index (χ4v) is 5.21. The van der Waals surface area contributed by atoms with Gasteiger partial charge in [0, 0.05) is 13.0 Å². The lowest BCUT2D eigenvalue weighted by Crippen LogP contribution is -2.33. The van der Waals surface area contributed by atoms with Crippen LogP contribution in [0.1, 0.15) is 22.0 Å². The van der Waals surface area contributed by atoms with Crippen molar-refractivity contribution in [1.29, 1.82) is 0 Å². The third kappa shape index (κ3) is 3.88. The maximum Gasteiger partial charge on any atom is 0.264 e. The lowest BCUT2D eigenvalue weighted by Gasteiger charge is -2.24. The Kier molecular flexibility index (Phi) is 5.10. The van der Waals surface area contributed by atoms with Gasteiger partial charge >= 0.3 is 0 Å². The minimum Gasteiger partial charge on any atom is -0.266 e. The maximum absolute atomic E-state index is 13.4. The molecular weight excluding hydrogens is 406 g/mol. The molecule has 0 spiro atoms. The molecule has 2 aromatic heterocycles. The first kappa shape index (κ1) is 19.5. The van der Waals surface area contributed by atoms with Gasteiger partial charge < -0.3 is 0 Å². The largest absolute Gasteiger partial charge is 0.266 e. The van der Waals surface area contributed by atoms with Gasteiger partial charge in [-0.2, -0.15) is 9.61 Å². The van der Waals surface area contributed by atoms with Crippen LogP contribution in [-0.4, -0.2) is 34.8 Å². The molecule has 0 aliphatic carbocycles. The molecule has 150 valence electrons. The Morgan fingerprint density at radius 3 is 2.21 bits per heavy atom. The van der Waals surface area contributed by atoms with Crippen LogP contribution < -0.4 is 4.31 Å². The van der Waals surface area contributed by atoms with Gasteiger partial charge in [-0.25, -0.2) is 8.42 Å². The first-order valence-corrected chi connectivity index (χ1v) is 11.4. The van der Waals surface area contributed by atoms with Crippen LogP contribution >= 0.6 is 11.3 Å². The molecule has 7 nitrogen and oxygen atoms in total. The van der Waals surface area contributed by atoms with Crippen molar-refractivity contribution < 1.29 is 8.42 Å². The van der Waals surface area contributed by atoms with Crippen molar-refractivity contribution in [2.24, 2.45) is 0 Å². The topological polar surface area (TPSA) is 80.5 Å². The summed E-state index contributed by atoms with van der Waals surface area (Å²) in [5.41, 5.74) is 2.69. The van der Waals surface area contributed by atoms with E-state index in [2.05, 4.69) is 15.3 Å². The predicted octanol–water partition coefficient (Wildman–Crippen LogP) is 3.55. The zero-order valence-electron chi connectivity index (χ0n) is 16.4. The lowest BCUT2D eigenvalue weighted by molar-refractivity contribution is 0.589. The van der Waals surface area contributed by atoms with Crippen LogP contribution in [0, 0.1) is 20.8 Å². The maximum atomic E-state index is 13.4. The van der Waals surface area contributed by atoms with Crippen molar-refractivity contribution in [3.05, 3.63) is 70.5 Å². The molecule has 0 saturated carbocycles. The second-order valence-corrected chi connectivity index (χ2v) is 9.93. The normalized spacial score (nSPS) is 11.8. The van der Waals surface area contributed by atoms with E-state index in [1.807, 2.05) is 45.0 Å². The first-order valence-electron chi connectivity index (χ1n) is 9.18. The Labute approximate surface area is 173 Å². The van der Waals surface area contributed by atoms with E-state index in [-0.39, 0.29) is 11.4 Å². The average Bonchev–Trinajstić information content (AvgIpc) is 3.23. The highest BCUT2D eigenvalue weighted by atomic mass is 32.2. The molecule has 4 aromatic rings. The smallest absolute Gasteiger partial charge is 0.264 e. The van der Waals surface area contributed by atoms with Crippen molar-refractivity contribution >= 4 is 32.0 Å². The van der Waals surface area contributed by atoms with Gasteiger partial charge in [-0.15, -0.1) is 10.2 Å². The number of sulfonamides is 1. The molecular formula is C20H21N5O2S2. The second kappa shape index (κ2) is 7.57. The summed E-state index contributed by atoms with van der Waals surface area (Å²) in [6.07, 6.45) is 0.392. The van der Waals surface area contributed by atoms with Crippen LogP contribution in [0.15, 0.2) is 53.4 Å². The Morgan fingerprint density at radius 1 is 0.931 bits per heavy atom. The van der Waals surface area contributed by atoms with Gasteiger partial charge in [0.2, 0.25) is 4.96 Å². The van der Waals surface area contributed by atoms with Crippen LogP contribution in [0.25, 0.3) is 4.96 Å². The van der Waals surface area contributed by atoms with Crippen molar-refractivity contribution in [3.63, 3.8) is 0 Å². The summed E-state index contributed by atoms with van der Waals surface area (Å²) in [6.45, 7) is 6.04. The monoisotopic (exact) mass is 427 g/mol. The van der Waals surface area contributed by atoms with Crippen molar-refractivity contribution in [2.45, 2.75) is 32.1 Å². The van der Waals surface area contributed by atoms with E-state index < -0.39 is 10.0 Å². The van der Waals surface area contributed by atoms with Gasteiger partial charge in [0.05, 0.1) is 10.6 Å². The highest BCUT2D eigenvalue weighted by Crippen LogP contribution is 2.25. The molecule has 0 atom stereocenters. The van der Waals surface area contributed by atoms with Gasteiger partial charge in [0.1, 0.15) is 5.01 Å². The predicted molar refractivity (Wildman–Crippen MR) is 114 cm³/mol. The van der Waals surface area contributed by atoms with Crippen molar-refractivity contribution in [1.82, 2.24) is 19.8 Å². The van der Waals surface area contributed by atoms with Crippen LogP contribution in [-0.2, 0) is 16.4 Å². The van der Waals surface area contributed by atoms with Gasteiger partial charge in [-0.1, -0.05) is 46.7 Å². The highest BCUT2D eigenvalue weighted by molar-refractivity contribution is 7.92. The second-order valence-electron chi connectivity index (χ2n) is 6.91. The van der Waals surface area contributed by atoms with Crippen LogP contribution in [0.2, 0.25) is 0 Å². The van der Waals surface area contributed by atoms with Crippen LogP contribution in [0.4, 0.5) is 5.69 Å². The third-order valence-electron chi connectivity index (χ3n) is 4.63. The molecule has 4 rings (SSSR count). The summed E-state index contributed by atoms with van der Waals surface area (Å²) in [7, 11) is -3.73. The van der Waals surface area contributed by atoms with Crippen LogP contribution in [0.5, 0.6) is 0 Å². The summed E-state index contributed by atoms with van der Waals surface area (Å²) in [4.78, 5) is 0.973. The molecule has 0 radical (unpaired) electrons. The molecule has 0 amide bonds. The Hall–Kier alpha value is -2.78. The SMILES string of the molecule is Cc1ccc(N(CCc2nnc3sc(C)nn23)S(=O)(=O)c2ccc(C)cc2)cc1. The Balaban J connectivity index is 1.70. The number of rotatable bonds is 6. The van der Waals surface area contributed by atoms with Gasteiger partial charge in [-0.05, 0) is 45.0 Å². The first-order chi connectivity index (χ1) is 13.8. The van der Waals surface area contributed by atoms with Crippen LogP contribution in [0.3, 0.4) is 0 Å². The molecule has 0 aliphatic heterocycles. The average molecular weight is 428 g/mol. The summed E-state index contributed by atoms with van der Waals surface area (Å²) in [5, 5.41) is 13.6. The minimum atomic E-state index is -3.73. The molecule has 29 heavy (non-hydrogen) atoms. The van der Waals surface area contributed by atoms with E-state index in [0.717, 1.165) is 16.1 Å². The van der Waals surface area contributed by atoms with Gasteiger partial charge in [0.15, 0.2) is 5.82 Å². The zero-order chi connectivity index (χ0) is 20.6. The quantitative estimate of drug-likeness (QED) is 0.470. The molecule has 0 fully saturated rings. The van der Waals surface area contributed by atoms with E-state index in [4.69, 9.17) is 0 Å². The molecule has 2 aromatic carbocycles. The molecule has 0 unspecified atom stereocenters. The van der Waals surface area contributed by atoms with Gasteiger partial charge in [0.25, 0.3) is 10.0 Å². The standard InChI is InChI=1S/C20H21N5O2S2/c1-14-4-8-17(9-5-14)24(29(26,27)18-10-6-15(2)7-11-18)13-12-19-21-22-20-25(19)23-16(3)28-20/h4-11H,12-13H2,1-3H3. The number of hydrogen-bond donors (Lipinski definition) is 0. The van der Waals surface area contributed by atoms with E-state index in [1.54, 1.807) is 28.8 Å². The van der Waals surface area contributed by atoms with E-state index in [0.29, 0.717) is 22.9 Å². The Morgan fingerprint density at radius 2 is 1.55 bits per heavy atom. The van der Waals surface area contributed by atoms with E-state index in [9.17, 15) is 8.42 Å². The number of hydrogen-bond acceptors (Lipinski definition) is 6. The highest BCUT2D eigenvalue weighted by Gasteiger charge is 2.25. The fraction of sp³-hybridized carbons (Fsp3) is 0.250. The number of benzene rings is 2. The van der Waals surface area contributed by atoms with E-state index in [1.165, 1.54) is 15.6 Å². The number of nitrogens with zero attached hydrogens (tertiary/aromatic N) is 5. The lowest BCUT2D eigenvalue weighted by atomic mass is 10.2. The molecule has 0 N–H and O–H groups in total. The van der Waals surface area contributed by atoms with Gasteiger partial charge in [-0.3, -0.25) is 4.31 Å². The Bertz CT molecular complexity index is 1240. The molecule has 9 heteroatoms. The summed E-state index contributed by atoms with van der Waals surface area (Å²) < 4.78 is 30.0.